The number of aliphatic hydroxyl groups excluding tert-OH is 1. The van der Waals surface area contributed by atoms with Crippen LogP contribution in [0.1, 0.15) is 26.7 Å². The van der Waals surface area contributed by atoms with Crippen LogP contribution in [0.4, 0.5) is 8.78 Å². The Balaban J connectivity index is 2.38. The number of likely N-dealkylation sites (tertiary alicyclic amines) is 1. The number of nitrogens with one attached hydrogen (secondary N) is 1. The molecule has 2 N–H and O–H groups in total. The second-order valence-electron chi connectivity index (χ2n) is 5.49. The second kappa shape index (κ2) is 6.97. The van der Waals surface area contributed by atoms with Gasteiger partial charge in [0.1, 0.15) is 6.61 Å². The molecular weight excluding hydrogens is 270 g/mol. The molecule has 0 aliphatic carbocycles. The summed E-state index contributed by atoms with van der Waals surface area (Å²) in [5, 5.41) is 10.6. The lowest BCUT2D eigenvalue weighted by Gasteiger charge is -2.32. The lowest BCUT2D eigenvalue weighted by Crippen LogP contribution is -2.46. The van der Waals surface area contributed by atoms with Gasteiger partial charge in [-0.25, -0.2) is 8.78 Å². The highest BCUT2D eigenvalue weighted by atomic mass is 19.3. The highest BCUT2D eigenvalue weighted by molar-refractivity contribution is 5.80. The minimum atomic E-state index is -3.29. The number of nitrogens with zero attached hydrogens (tertiary/aromatic N) is 1. The molecule has 7 heteroatoms. The van der Waals surface area contributed by atoms with Gasteiger partial charge in [-0.1, -0.05) is 13.8 Å². The maximum absolute atomic E-state index is 12.8. The summed E-state index contributed by atoms with van der Waals surface area (Å²) in [5.41, 5.74) is 0. The van der Waals surface area contributed by atoms with Crippen LogP contribution in [-0.2, 0) is 9.59 Å². The minimum Gasteiger partial charge on any atom is -0.390 e. The van der Waals surface area contributed by atoms with Crippen LogP contribution in [-0.4, -0.2) is 54.0 Å². The SMILES string of the molecule is CC(C)C(=O)N1CCC(C(=O)NCC(F)(F)CO)CC1. The zero-order valence-electron chi connectivity index (χ0n) is 11.9. The number of alkyl halides is 2. The van der Waals surface area contributed by atoms with Gasteiger partial charge >= 0.3 is 0 Å². The molecule has 0 bridgehead atoms. The number of aliphatic hydroxyl groups is 1. The van der Waals surface area contributed by atoms with Crippen molar-refractivity contribution in [2.24, 2.45) is 11.8 Å². The quantitative estimate of drug-likeness (QED) is 0.780. The summed E-state index contributed by atoms with van der Waals surface area (Å²) in [6, 6.07) is 0. The molecule has 1 heterocycles. The Morgan fingerprint density at radius 3 is 2.35 bits per heavy atom. The molecule has 0 aromatic rings. The first-order chi connectivity index (χ1) is 9.26. The summed E-state index contributed by atoms with van der Waals surface area (Å²) >= 11 is 0. The Morgan fingerprint density at radius 2 is 1.90 bits per heavy atom. The molecule has 0 radical (unpaired) electrons. The molecule has 0 atom stereocenters. The molecular formula is C13H22F2N2O3. The minimum absolute atomic E-state index is 0.0515. The Kier molecular flexibility index (Phi) is 5.86. The highest BCUT2D eigenvalue weighted by Gasteiger charge is 2.32. The zero-order valence-corrected chi connectivity index (χ0v) is 11.9. The lowest BCUT2D eigenvalue weighted by molar-refractivity contribution is -0.138. The number of carbonyl (C=O) groups excluding carboxylic acids is 2. The van der Waals surface area contributed by atoms with Crippen LogP contribution < -0.4 is 5.32 Å². The van der Waals surface area contributed by atoms with Crippen LogP contribution in [0.25, 0.3) is 0 Å². The van der Waals surface area contributed by atoms with Gasteiger partial charge in [-0.05, 0) is 12.8 Å². The van der Waals surface area contributed by atoms with Crippen LogP contribution in [0.5, 0.6) is 0 Å². The molecule has 1 saturated heterocycles. The van der Waals surface area contributed by atoms with Gasteiger partial charge < -0.3 is 15.3 Å². The predicted molar refractivity (Wildman–Crippen MR) is 69.2 cm³/mol. The van der Waals surface area contributed by atoms with Crippen LogP contribution >= 0.6 is 0 Å². The molecule has 0 spiro atoms. The maximum atomic E-state index is 12.8. The topological polar surface area (TPSA) is 69.6 Å². The fraction of sp³-hybridized carbons (Fsp3) is 0.846. The van der Waals surface area contributed by atoms with Crippen molar-refractivity contribution in [1.82, 2.24) is 10.2 Å². The number of hydrogen-bond donors (Lipinski definition) is 2. The number of piperidine rings is 1. The molecule has 1 aliphatic heterocycles. The van der Waals surface area contributed by atoms with Crippen molar-refractivity contribution in [3.05, 3.63) is 0 Å². The van der Waals surface area contributed by atoms with Crippen molar-refractivity contribution in [3.8, 4) is 0 Å². The molecule has 2 amide bonds. The van der Waals surface area contributed by atoms with E-state index in [4.69, 9.17) is 5.11 Å². The van der Waals surface area contributed by atoms with Crippen molar-refractivity contribution >= 4 is 11.8 Å². The Hall–Kier alpha value is -1.24. The summed E-state index contributed by atoms with van der Waals surface area (Å²) < 4.78 is 25.6. The first-order valence-electron chi connectivity index (χ1n) is 6.82. The van der Waals surface area contributed by atoms with Gasteiger partial charge in [0, 0.05) is 24.9 Å². The van der Waals surface area contributed by atoms with Gasteiger partial charge in [0.25, 0.3) is 5.92 Å². The maximum Gasteiger partial charge on any atom is 0.287 e. The molecule has 116 valence electrons. The summed E-state index contributed by atoms with van der Waals surface area (Å²) in [6.07, 6.45) is 0.962. The van der Waals surface area contributed by atoms with E-state index >= 15 is 0 Å². The third-order valence-corrected chi connectivity index (χ3v) is 3.42. The Labute approximate surface area is 117 Å². The summed E-state index contributed by atoms with van der Waals surface area (Å²) in [6.45, 7) is 2.45. The Morgan fingerprint density at radius 1 is 1.35 bits per heavy atom. The molecule has 0 unspecified atom stereocenters. The number of halogens is 2. The van der Waals surface area contributed by atoms with Gasteiger partial charge in [0.05, 0.1) is 6.54 Å². The van der Waals surface area contributed by atoms with E-state index in [2.05, 4.69) is 5.32 Å². The average Bonchev–Trinajstić information content (AvgIpc) is 2.44. The van der Waals surface area contributed by atoms with Crippen molar-refractivity contribution in [2.45, 2.75) is 32.6 Å². The van der Waals surface area contributed by atoms with Gasteiger partial charge in [-0.2, -0.15) is 0 Å². The van der Waals surface area contributed by atoms with Crippen LogP contribution in [0.3, 0.4) is 0 Å². The molecule has 0 aromatic carbocycles. The standard InChI is InChI=1S/C13H22F2N2O3/c1-9(2)12(20)17-5-3-10(4-6-17)11(19)16-7-13(14,15)8-18/h9-10,18H,3-8H2,1-2H3,(H,16,19). The van der Waals surface area contributed by atoms with Crippen LogP contribution in [0.2, 0.25) is 0 Å². The molecule has 20 heavy (non-hydrogen) atoms. The number of carbonyl (C=O) groups is 2. The third-order valence-electron chi connectivity index (χ3n) is 3.42. The largest absolute Gasteiger partial charge is 0.390 e. The average molecular weight is 292 g/mol. The van der Waals surface area contributed by atoms with E-state index in [9.17, 15) is 18.4 Å². The monoisotopic (exact) mass is 292 g/mol. The van der Waals surface area contributed by atoms with E-state index in [0.717, 1.165) is 0 Å². The molecule has 0 saturated carbocycles. The first-order valence-corrected chi connectivity index (χ1v) is 6.82. The second-order valence-corrected chi connectivity index (χ2v) is 5.49. The zero-order chi connectivity index (χ0) is 15.3. The molecule has 1 aliphatic rings. The van der Waals surface area contributed by atoms with Gasteiger partial charge in [0.15, 0.2) is 0 Å². The summed E-state index contributed by atoms with van der Waals surface area (Å²) in [5.74, 6) is -4.10. The lowest BCUT2D eigenvalue weighted by atomic mass is 9.95. The number of hydrogen-bond acceptors (Lipinski definition) is 3. The van der Waals surface area contributed by atoms with E-state index in [0.29, 0.717) is 25.9 Å². The van der Waals surface area contributed by atoms with Gasteiger partial charge in [-0.3, -0.25) is 9.59 Å². The normalized spacial score (nSPS) is 17.4. The van der Waals surface area contributed by atoms with Gasteiger partial charge in [0.2, 0.25) is 11.8 Å². The van der Waals surface area contributed by atoms with E-state index < -0.39 is 25.0 Å². The molecule has 1 rings (SSSR count). The van der Waals surface area contributed by atoms with E-state index in [1.165, 1.54) is 0 Å². The van der Waals surface area contributed by atoms with E-state index in [1.54, 1.807) is 4.90 Å². The molecule has 0 aromatic heterocycles. The number of amides is 2. The van der Waals surface area contributed by atoms with Gasteiger partial charge in [-0.15, -0.1) is 0 Å². The smallest absolute Gasteiger partial charge is 0.287 e. The first kappa shape index (κ1) is 16.8. The molecule has 1 fully saturated rings. The van der Waals surface area contributed by atoms with E-state index in [-0.39, 0.29) is 17.7 Å². The fourth-order valence-electron chi connectivity index (χ4n) is 2.14. The molecule has 5 nitrogen and oxygen atoms in total. The fourth-order valence-corrected chi connectivity index (χ4v) is 2.14. The predicted octanol–water partition coefficient (Wildman–Crippen LogP) is 0.625. The summed E-state index contributed by atoms with van der Waals surface area (Å²) in [4.78, 5) is 25.2. The van der Waals surface area contributed by atoms with Crippen molar-refractivity contribution < 1.29 is 23.5 Å². The van der Waals surface area contributed by atoms with Crippen molar-refractivity contribution in [1.29, 1.82) is 0 Å². The summed E-state index contributed by atoms with van der Waals surface area (Å²) in [7, 11) is 0. The van der Waals surface area contributed by atoms with Crippen LogP contribution in [0, 0.1) is 11.8 Å². The Bertz CT molecular complexity index is 354. The van der Waals surface area contributed by atoms with E-state index in [1.807, 2.05) is 13.8 Å². The van der Waals surface area contributed by atoms with Crippen LogP contribution in [0.15, 0.2) is 0 Å². The van der Waals surface area contributed by atoms with Crippen molar-refractivity contribution in [2.75, 3.05) is 26.2 Å². The highest BCUT2D eigenvalue weighted by Crippen LogP contribution is 2.19. The third kappa shape index (κ3) is 4.70. The number of rotatable bonds is 5. The van der Waals surface area contributed by atoms with Crippen molar-refractivity contribution in [3.63, 3.8) is 0 Å².